The van der Waals surface area contributed by atoms with E-state index in [1.165, 1.54) is 12.8 Å². The van der Waals surface area contributed by atoms with Gasteiger partial charge in [-0.05, 0) is 68.7 Å². The van der Waals surface area contributed by atoms with Gasteiger partial charge in [-0.15, -0.1) is 0 Å². The lowest BCUT2D eigenvalue weighted by Gasteiger charge is -2.42. The van der Waals surface area contributed by atoms with Crippen molar-refractivity contribution in [2.24, 2.45) is 5.92 Å². The molecule has 2 aliphatic rings. The number of aryl methyl sites for hydroxylation is 1. The highest BCUT2D eigenvalue weighted by Gasteiger charge is 2.37. The summed E-state index contributed by atoms with van der Waals surface area (Å²) in [6.45, 7) is 5.63. The van der Waals surface area contributed by atoms with E-state index in [2.05, 4.69) is 22.5 Å². The van der Waals surface area contributed by atoms with Crippen molar-refractivity contribution in [1.82, 2.24) is 10.2 Å². The summed E-state index contributed by atoms with van der Waals surface area (Å²) in [6.07, 6.45) is 4.96. The minimum atomic E-state index is -0.781. The fourth-order valence-electron chi connectivity index (χ4n) is 3.58. The van der Waals surface area contributed by atoms with Gasteiger partial charge in [-0.3, -0.25) is 9.69 Å². The number of hydrogen-bond donors (Lipinski definition) is 3. The first kappa shape index (κ1) is 20.5. The lowest BCUT2D eigenvalue weighted by molar-refractivity contribution is -0.139. The van der Waals surface area contributed by atoms with Gasteiger partial charge in [-0.1, -0.05) is 6.92 Å². The van der Waals surface area contributed by atoms with Gasteiger partial charge in [0.25, 0.3) is 0 Å². The van der Waals surface area contributed by atoms with Crippen molar-refractivity contribution in [2.45, 2.75) is 58.0 Å². The summed E-state index contributed by atoms with van der Waals surface area (Å²) in [5.41, 5.74) is 1.71. The SMILES string of the molecule is CCCOc1ccc(NC(=O)NC2CC(N(CC(=O)O)CC3CC3)C2)c(C)c1. The average Bonchev–Trinajstić information content (AvgIpc) is 3.41. The van der Waals surface area contributed by atoms with Gasteiger partial charge in [0.15, 0.2) is 0 Å². The van der Waals surface area contributed by atoms with E-state index in [9.17, 15) is 9.59 Å². The van der Waals surface area contributed by atoms with Crippen molar-refractivity contribution < 1.29 is 19.4 Å². The summed E-state index contributed by atoms with van der Waals surface area (Å²) in [5.74, 6) is 0.680. The highest BCUT2D eigenvalue weighted by Crippen LogP contribution is 2.33. The van der Waals surface area contributed by atoms with Gasteiger partial charge < -0.3 is 20.5 Å². The number of nitrogens with zero attached hydrogens (tertiary/aromatic N) is 1. The molecule has 2 amide bonds. The maximum Gasteiger partial charge on any atom is 0.319 e. The number of carboxylic acid groups (broad SMARTS) is 1. The van der Waals surface area contributed by atoms with Gasteiger partial charge in [0.2, 0.25) is 0 Å². The number of rotatable bonds is 10. The number of nitrogens with one attached hydrogen (secondary N) is 2. The van der Waals surface area contributed by atoms with Crippen LogP contribution < -0.4 is 15.4 Å². The van der Waals surface area contributed by atoms with Gasteiger partial charge in [-0.25, -0.2) is 4.79 Å². The first-order chi connectivity index (χ1) is 13.4. The summed E-state index contributed by atoms with van der Waals surface area (Å²) < 4.78 is 5.61. The molecule has 0 atom stereocenters. The Morgan fingerprint density at radius 3 is 2.64 bits per heavy atom. The molecule has 0 bridgehead atoms. The Morgan fingerprint density at radius 2 is 2.04 bits per heavy atom. The Hall–Kier alpha value is -2.28. The minimum Gasteiger partial charge on any atom is -0.494 e. The smallest absolute Gasteiger partial charge is 0.319 e. The highest BCUT2D eigenvalue weighted by atomic mass is 16.5. The second-order valence-corrected chi connectivity index (χ2v) is 8.01. The number of carbonyl (C=O) groups excluding carboxylic acids is 1. The number of anilines is 1. The lowest BCUT2D eigenvalue weighted by atomic mass is 9.85. The van der Waals surface area contributed by atoms with Crippen molar-refractivity contribution >= 4 is 17.7 Å². The monoisotopic (exact) mass is 389 g/mol. The third-order valence-corrected chi connectivity index (χ3v) is 5.41. The zero-order chi connectivity index (χ0) is 20.1. The van der Waals surface area contributed by atoms with E-state index >= 15 is 0 Å². The Bertz CT molecular complexity index is 699. The first-order valence-corrected chi connectivity index (χ1v) is 10.2. The summed E-state index contributed by atoms with van der Waals surface area (Å²) >= 11 is 0. The molecule has 3 rings (SSSR count). The number of amides is 2. The fourth-order valence-corrected chi connectivity index (χ4v) is 3.58. The van der Waals surface area contributed by atoms with Crippen LogP contribution in [0.5, 0.6) is 5.75 Å². The molecule has 2 aliphatic carbocycles. The molecule has 28 heavy (non-hydrogen) atoms. The van der Waals surface area contributed by atoms with Crippen LogP contribution in [0.3, 0.4) is 0 Å². The summed E-state index contributed by atoms with van der Waals surface area (Å²) in [6, 6.07) is 5.76. The molecule has 0 aliphatic heterocycles. The van der Waals surface area contributed by atoms with Crippen LogP contribution in [0, 0.1) is 12.8 Å². The molecule has 0 heterocycles. The number of hydrogen-bond acceptors (Lipinski definition) is 4. The molecular weight excluding hydrogens is 358 g/mol. The highest BCUT2D eigenvalue weighted by molar-refractivity contribution is 5.90. The molecule has 0 spiro atoms. The fraction of sp³-hybridized carbons (Fsp3) is 0.619. The molecule has 7 nitrogen and oxygen atoms in total. The topological polar surface area (TPSA) is 90.9 Å². The summed E-state index contributed by atoms with van der Waals surface area (Å²) in [5, 5.41) is 15.0. The molecule has 0 aromatic heterocycles. The van der Waals surface area contributed by atoms with Gasteiger partial charge in [0, 0.05) is 24.3 Å². The third kappa shape index (κ3) is 5.86. The normalized spacial score (nSPS) is 21.1. The standard InChI is InChI=1S/C21H31N3O4/c1-3-8-28-18-6-7-19(14(2)9-18)23-21(27)22-16-10-17(11-16)24(13-20(25)26)12-15-4-5-15/h6-7,9,15-17H,3-5,8,10-13H2,1-2H3,(H,25,26)(H2,22,23,27). The molecule has 2 fully saturated rings. The summed E-state index contributed by atoms with van der Waals surface area (Å²) in [7, 11) is 0. The van der Waals surface area contributed by atoms with E-state index < -0.39 is 5.97 Å². The lowest BCUT2D eigenvalue weighted by Crippen LogP contribution is -2.55. The van der Waals surface area contributed by atoms with E-state index in [4.69, 9.17) is 9.84 Å². The molecule has 2 saturated carbocycles. The molecule has 154 valence electrons. The quantitative estimate of drug-likeness (QED) is 0.571. The average molecular weight is 389 g/mol. The molecule has 0 unspecified atom stereocenters. The molecule has 1 aromatic rings. The predicted molar refractivity (Wildman–Crippen MR) is 108 cm³/mol. The van der Waals surface area contributed by atoms with Crippen molar-refractivity contribution in [1.29, 1.82) is 0 Å². The second kappa shape index (κ2) is 9.28. The number of carbonyl (C=O) groups is 2. The van der Waals surface area contributed by atoms with Crippen LogP contribution in [0.2, 0.25) is 0 Å². The van der Waals surface area contributed by atoms with Gasteiger partial charge >= 0.3 is 12.0 Å². The van der Waals surface area contributed by atoms with E-state index in [0.29, 0.717) is 12.5 Å². The Labute approximate surface area is 166 Å². The zero-order valence-corrected chi connectivity index (χ0v) is 16.7. The van der Waals surface area contributed by atoms with Crippen LogP contribution in [-0.2, 0) is 4.79 Å². The maximum absolute atomic E-state index is 12.3. The van der Waals surface area contributed by atoms with E-state index in [1.807, 2.05) is 25.1 Å². The minimum absolute atomic E-state index is 0.0890. The van der Waals surface area contributed by atoms with E-state index in [1.54, 1.807) is 0 Å². The number of carboxylic acids is 1. The molecular formula is C21H31N3O4. The molecule has 0 saturated heterocycles. The van der Waals surface area contributed by atoms with Crippen LogP contribution >= 0.6 is 0 Å². The van der Waals surface area contributed by atoms with E-state index in [0.717, 1.165) is 42.8 Å². The largest absolute Gasteiger partial charge is 0.494 e. The van der Waals surface area contributed by atoms with Crippen molar-refractivity contribution in [3.05, 3.63) is 23.8 Å². The molecule has 1 aromatic carbocycles. The van der Waals surface area contributed by atoms with Crippen LogP contribution in [0.1, 0.15) is 44.6 Å². The van der Waals surface area contributed by atoms with Crippen molar-refractivity contribution in [3.8, 4) is 5.75 Å². The van der Waals surface area contributed by atoms with Crippen molar-refractivity contribution in [3.63, 3.8) is 0 Å². The molecule has 7 heteroatoms. The maximum atomic E-state index is 12.3. The van der Waals surface area contributed by atoms with Crippen LogP contribution in [-0.4, -0.2) is 53.8 Å². The van der Waals surface area contributed by atoms with Crippen LogP contribution in [0.15, 0.2) is 18.2 Å². The van der Waals surface area contributed by atoms with Gasteiger partial charge in [-0.2, -0.15) is 0 Å². The number of ether oxygens (including phenoxy) is 1. The number of aliphatic carboxylic acids is 1. The molecule has 0 radical (unpaired) electrons. The van der Waals surface area contributed by atoms with Crippen molar-refractivity contribution in [2.75, 3.05) is 25.0 Å². The van der Waals surface area contributed by atoms with E-state index in [-0.39, 0.29) is 24.7 Å². The Kier molecular flexibility index (Phi) is 6.78. The zero-order valence-electron chi connectivity index (χ0n) is 16.7. The summed E-state index contributed by atoms with van der Waals surface area (Å²) in [4.78, 5) is 25.5. The van der Waals surface area contributed by atoms with Crippen LogP contribution in [0.25, 0.3) is 0 Å². The molecule has 3 N–H and O–H groups in total. The van der Waals surface area contributed by atoms with Crippen LogP contribution in [0.4, 0.5) is 10.5 Å². The third-order valence-electron chi connectivity index (χ3n) is 5.41. The van der Waals surface area contributed by atoms with Gasteiger partial charge in [0.1, 0.15) is 5.75 Å². The second-order valence-electron chi connectivity index (χ2n) is 8.01. The number of urea groups is 1. The Balaban J connectivity index is 1.44. The predicted octanol–water partition coefficient (Wildman–Crippen LogP) is 3.23. The first-order valence-electron chi connectivity index (χ1n) is 10.2. The Morgan fingerprint density at radius 1 is 1.29 bits per heavy atom. The van der Waals surface area contributed by atoms with Gasteiger partial charge in [0.05, 0.1) is 13.2 Å². The number of benzene rings is 1.